The summed E-state index contributed by atoms with van der Waals surface area (Å²) < 4.78 is 7.00. The average Bonchev–Trinajstić information content (AvgIpc) is 3.01. The first-order valence-corrected chi connectivity index (χ1v) is 8.30. The van der Waals surface area contributed by atoms with Gasteiger partial charge < -0.3 is 4.74 Å². The van der Waals surface area contributed by atoms with Crippen LogP contribution in [0, 0.1) is 6.92 Å². The van der Waals surface area contributed by atoms with Crippen LogP contribution in [0.2, 0.25) is 0 Å². The highest BCUT2D eigenvalue weighted by atomic mass is 32.2. The number of thioether (sulfide) groups is 1. The summed E-state index contributed by atoms with van der Waals surface area (Å²) in [6, 6.07) is 16.4. The summed E-state index contributed by atoms with van der Waals surface area (Å²) in [5.41, 5.74) is 3.67. The fraction of sp³-hybridized carbons (Fsp3) is 0.235. The van der Waals surface area contributed by atoms with Gasteiger partial charge in [0.05, 0.1) is 13.7 Å². The van der Waals surface area contributed by atoms with Gasteiger partial charge in [-0.2, -0.15) is 0 Å². The molecule has 0 saturated carbocycles. The summed E-state index contributed by atoms with van der Waals surface area (Å²) in [6.45, 7) is 2.75. The molecule has 23 heavy (non-hydrogen) atoms. The fourth-order valence-corrected chi connectivity index (χ4v) is 3.07. The number of benzene rings is 2. The van der Waals surface area contributed by atoms with E-state index in [9.17, 15) is 0 Å². The van der Waals surface area contributed by atoms with Crippen molar-refractivity contribution >= 4 is 11.8 Å². The van der Waals surface area contributed by atoms with Gasteiger partial charge in [-0.05, 0) is 40.6 Å². The molecule has 1 heterocycles. The lowest BCUT2D eigenvalue weighted by Gasteiger charge is -2.06. The lowest BCUT2D eigenvalue weighted by molar-refractivity contribution is 0.414. The van der Waals surface area contributed by atoms with Crippen LogP contribution in [0.15, 0.2) is 53.7 Å². The molecule has 5 nitrogen and oxygen atoms in total. The third-order valence-electron chi connectivity index (χ3n) is 3.44. The molecule has 0 aliphatic carbocycles. The molecule has 3 aromatic rings. The average molecular weight is 326 g/mol. The Morgan fingerprint density at radius 2 is 1.91 bits per heavy atom. The van der Waals surface area contributed by atoms with Gasteiger partial charge in [0, 0.05) is 5.75 Å². The molecule has 3 rings (SSSR count). The standard InChI is InChI=1S/C17H18N4OS/c1-13-4-3-5-15(10-13)12-23-17-18-19-20-21(17)11-14-6-8-16(22-2)9-7-14/h3-10H,11-12H2,1-2H3. The number of aromatic nitrogens is 4. The molecule has 118 valence electrons. The second-order valence-corrected chi connectivity index (χ2v) is 6.19. The molecule has 0 radical (unpaired) electrons. The van der Waals surface area contributed by atoms with Gasteiger partial charge in [-0.15, -0.1) is 5.10 Å². The third kappa shape index (κ3) is 4.10. The number of aryl methyl sites for hydroxylation is 1. The van der Waals surface area contributed by atoms with Crippen LogP contribution in [0.25, 0.3) is 0 Å². The number of rotatable bonds is 6. The van der Waals surface area contributed by atoms with Crippen LogP contribution in [0.4, 0.5) is 0 Å². The lowest BCUT2D eigenvalue weighted by Crippen LogP contribution is -2.04. The predicted molar refractivity (Wildman–Crippen MR) is 90.7 cm³/mol. The van der Waals surface area contributed by atoms with E-state index in [1.807, 2.05) is 28.9 Å². The smallest absolute Gasteiger partial charge is 0.209 e. The van der Waals surface area contributed by atoms with Gasteiger partial charge in [0.25, 0.3) is 0 Å². The van der Waals surface area contributed by atoms with Gasteiger partial charge in [-0.25, -0.2) is 4.68 Å². The maximum Gasteiger partial charge on any atom is 0.209 e. The lowest BCUT2D eigenvalue weighted by atomic mass is 10.2. The van der Waals surface area contributed by atoms with Crippen molar-refractivity contribution < 1.29 is 4.74 Å². The van der Waals surface area contributed by atoms with E-state index in [0.717, 1.165) is 22.2 Å². The summed E-state index contributed by atoms with van der Waals surface area (Å²) >= 11 is 1.64. The molecule has 0 aliphatic rings. The van der Waals surface area contributed by atoms with Crippen LogP contribution >= 0.6 is 11.8 Å². The van der Waals surface area contributed by atoms with Crippen molar-refractivity contribution in [1.82, 2.24) is 20.2 Å². The number of hydrogen-bond donors (Lipinski definition) is 0. The number of hydrogen-bond acceptors (Lipinski definition) is 5. The second-order valence-electron chi connectivity index (χ2n) is 5.24. The zero-order valence-corrected chi connectivity index (χ0v) is 14.0. The number of ether oxygens (including phenoxy) is 1. The van der Waals surface area contributed by atoms with E-state index in [0.29, 0.717) is 6.54 Å². The number of tetrazole rings is 1. The largest absolute Gasteiger partial charge is 0.497 e. The normalized spacial score (nSPS) is 10.7. The Kier molecular flexibility index (Phi) is 4.92. The fourth-order valence-electron chi connectivity index (χ4n) is 2.25. The Morgan fingerprint density at radius 1 is 1.09 bits per heavy atom. The predicted octanol–water partition coefficient (Wildman–Crippen LogP) is 3.33. The Balaban J connectivity index is 1.66. The van der Waals surface area contributed by atoms with E-state index < -0.39 is 0 Å². The zero-order valence-electron chi connectivity index (χ0n) is 13.1. The van der Waals surface area contributed by atoms with Gasteiger partial charge in [0.15, 0.2) is 0 Å². The molecular weight excluding hydrogens is 308 g/mol. The summed E-state index contributed by atoms with van der Waals surface area (Å²) in [6.07, 6.45) is 0. The first-order chi connectivity index (χ1) is 11.2. The monoisotopic (exact) mass is 326 g/mol. The Bertz CT molecular complexity index is 770. The van der Waals surface area contributed by atoms with Gasteiger partial charge >= 0.3 is 0 Å². The SMILES string of the molecule is COc1ccc(Cn2nnnc2SCc2cccc(C)c2)cc1. The van der Waals surface area contributed by atoms with Crippen LogP contribution < -0.4 is 4.74 Å². The summed E-state index contributed by atoms with van der Waals surface area (Å²) in [7, 11) is 1.66. The summed E-state index contributed by atoms with van der Waals surface area (Å²) in [4.78, 5) is 0. The van der Waals surface area contributed by atoms with E-state index in [4.69, 9.17) is 4.74 Å². The first kappa shape index (κ1) is 15.6. The topological polar surface area (TPSA) is 52.8 Å². The molecule has 0 saturated heterocycles. The van der Waals surface area contributed by atoms with E-state index in [-0.39, 0.29) is 0 Å². The highest BCUT2D eigenvalue weighted by Crippen LogP contribution is 2.21. The Hall–Kier alpha value is -2.34. The van der Waals surface area contributed by atoms with Crippen molar-refractivity contribution in [2.75, 3.05) is 7.11 Å². The van der Waals surface area contributed by atoms with E-state index in [1.165, 1.54) is 11.1 Å². The molecule has 6 heteroatoms. The maximum atomic E-state index is 5.17. The summed E-state index contributed by atoms with van der Waals surface area (Å²) in [5.74, 6) is 1.70. The van der Waals surface area contributed by atoms with Crippen LogP contribution in [0.5, 0.6) is 5.75 Å². The Labute approximate surface area is 139 Å². The van der Waals surface area contributed by atoms with Crippen molar-refractivity contribution in [1.29, 1.82) is 0 Å². The van der Waals surface area contributed by atoms with E-state index >= 15 is 0 Å². The molecule has 0 aliphatic heterocycles. The van der Waals surface area contributed by atoms with Crippen molar-refractivity contribution in [3.05, 3.63) is 65.2 Å². The van der Waals surface area contributed by atoms with Gasteiger partial charge in [0.1, 0.15) is 5.75 Å². The maximum absolute atomic E-state index is 5.17. The van der Waals surface area contributed by atoms with Gasteiger partial charge in [0.2, 0.25) is 5.16 Å². The molecule has 0 unspecified atom stereocenters. The molecule has 0 atom stereocenters. The van der Waals surface area contributed by atoms with Crippen molar-refractivity contribution in [2.45, 2.75) is 24.4 Å². The molecule has 0 amide bonds. The van der Waals surface area contributed by atoms with Crippen molar-refractivity contribution in [2.24, 2.45) is 0 Å². The minimum Gasteiger partial charge on any atom is -0.497 e. The van der Waals surface area contributed by atoms with Crippen LogP contribution in [-0.2, 0) is 12.3 Å². The molecule has 0 bridgehead atoms. The van der Waals surface area contributed by atoms with Crippen LogP contribution in [0.3, 0.4) is 0 Å². The van der Waals surface area contributed by atoms with Gasteiger partial charge in [-0.3, -0.25) is 0 Å². The zero-order chi connectivity index (χ0) is 16.1. The van der Waals surface area contributed by atoms with Crippen LogP contribution in [0.1, 0.15) is 16.7 Å². The highest BCUT2D eigenvalue weighted by Gasteiger charge is 2.08. The third-order valence-corrected chi connectivity index (χ3v) is 4.47. The van der Waals surface area contributed by atoms with E-state index in [1.54, 1.807) is 18.9 Å². The first-order valence-electron chi connectivity index (χ1n) is 7.32. The molecule has 0 N–H and O–H groups in total. The number of nitrogens with zero attached hydrogens (tertiary/aromatic N) is 4. The minimum atomic E-state index is 0.646. The van der Waals surface area contributed by atoms with Crippen molar-refractivity contribution in [3.63, 3.8) is 0 Å². The van der Waals surface area contributed by atoms with Crippen molar-refractivity contribution in [3.8, 4) is 5.75 Å². The quantitative estimate of drug-likeness (QED) is 0.650. The molecule has 1 aromatic heterocycles. The molecule has 2 aromatic carbocycles. The van der Waals surface area contributed by atoms with Gasteiger partial charge in [-0.1, -0.05) is 53.7 Å². The Morgan fingerprint density at radius 3 is 2.65 bits per heavy atom. The molecule has 0 spiro atoms. The molecule has 0 fully saturated rings. The highest BCUT2D eigenvalue weighted by molar-refractivity contribution is 7.98. The minimum absolute atomic E-state index is 0.646. The number of methoxy groups -OCH3 is 1. The second kappa shape index (κ2) is 7.28. The van der Waals surface area contributed by atoms with Crippen LogP contribution in [-0.4, -0.2) is 27.3 Å². The summed E-state index contributed by atoms with van der Waals surface area (Å²) in [5, 5.41) is 12.8. The molecular formula is C17H18N4OS. The van der Waals surface area contributed by atoms with E-state index in [2.05, 4.69) is 46.7 Å².